The Hall–Kier alpha value is -1.85. The lowest BCUT2D eigenvalue weighted by atomic mass is 10.2. The number of hydrogen-bond donors (Lipinski definition) is 2. The first-order valence-corrected chi connectivity index (χ1v) is 5.03. The molecule has 2 N–H and O–H groups in total. The van der Waals surface area contributed by atoms with Gasteiger partial charge in [0.1, 0.15) is 5.69 Å². The van der Waals surface area contributed by atoms with Gasteiger partial charge in [0.25, 0.3) is 5.91 Å². The summed E-state index contributed by atoms with van der Waals surface area (Å²) in [6.07, 6.45) is 2.26. The Morgan fingerprint density at radius 1 is 1.62 bits per heavy atom. The van der Waals surface area contributed by atoms with Crippen LogP contribution in [0.3, 0.4) is 0 Å². The Morgan fingerprint density at radius 2 is 2.31 bits per heavy atom. The Kier molecular flexibility index (Phi) is 4.04. The van der Waals surface area contributed by atoms with Crippen LogP contribution in [0.4, 0.5) is 0 Å². The number of rotatable bonds is 5. The minimum Gasteiger partial charge on any atom is -0.481 e. The van der Waals surface area contributed by atoms with Gasteiger partial charge in [0, 0.05) is 25.7 Å². The summed E-state index contributed by atoms with van der Waals surface area (Å²) >= 11 is 0. The summed E-state index contributed by atoms with van der Waals surface area (Å²) in [6.45, 7) is 1.86. The van der Waals surface area contributed by atoms with Crippen LogP contribution in [0.2, 0.25) is 0 Å². The Bertz CT molecular complexity index is 386. The number of aliphatic carboxylic acids is 1. The van der Waals surface area contributed by atoms with Crippen molar-refractivity contribution in [2.45, 2.75) is 25.8 Å². The van der Waals surface area contributed by atoms with Crippen molar-refractivity contribution in [2.75, 3.05) is 7.05 Å². The molecule has 6 heteroatoms. The first-order chi connectivity index (χ1) is 7.54. The second-order valence-electron chi connectivity index (χ2n) is 3.54. The number of hydrogen-bond acceptors (Lipinski definition) is 3. The van der Waals surface area contributed by atoms with Crippen LogP contribution in [0.15, 0.2) is 12.3 Å². The molecule has 1 aromatic heterocycles. The molecule has 0 bridgehead atoms. The van der Waals surface area contributed by atoms with Gasteiger partial charge in [-0.1, -0.05) is 0 Å². The molecular weight excluding hydrogens is 210 g/mol. The van der Waals surface area contributed by atoms with E-state index in [2.05, 4.69) is 10.4 Å². The number of carboxylic acids is 1. The quantitative estimate of drug-likeness (QED) is 0.771. The maximum Gasteiger partial charge on any atom is 0.303 e. The second-order valence-corrected chi connectivity index (χ2v) is 3.54. The molecule has 0 aliphatic rings. The molecule has 0 aliphatic carbocycles. The topological polar surface area (TPSA) is 84.2 Å². The molecule has 1 amide bonds. The lowest BCUT2D eigenvalue weighted by Gasteiger charge is -2.10. The summed E-state index contributed by atoms with van der Waals surface area (Å²) in [5.74, 6) is -1.07. The highest BCUT2D eigenvalue weighted by Gasteiger charge is 2.11. The van der Waals surface area contributed by atoms with Gasteiger partial charge >= 0.3 is 5.97 Å². The average Bonchev–Trinajstić information content (AvgIpc) is 2.74. The lowest BCUT2D eigenvalue weighted by molar-refractivity contribution is -0.137. The number of nitrogens with one attached hydrogen (secondary N) is 1. The van der Waals surface area contributed by atoms with Crippen molar-refractivity contribution in [3.05, 3.63) is 18.0 Å². The average molecular weight is 225 g/mol. The van der Waals surface area contributed by atoms with Gasteiger partial charge in [-0.25, -0.2) is 0 Å². The minimum atomic E-state index is -0.828. The molecule has 0 aliphatic heterocycles. The third-order valence-corrected chi connectivity index (χ3v) is 2.30. The van der Waals surface area contributed by atoms with Crippen LogP contribution in [0, 0.1) is 0 Å². The molecule has 1 atom stereocenters. The van der Waals surface area contributed by atoms with Gasteiger partial charge < -0.3 is 10.4 Å². The molecule has 0 fully saturated rings. The molecule has 6 nitrogen and oxygen atoms in total. The van der Waals surface area contributed by atoms with Crippen molar-refractivity contribution >= 4 is 11.9 Å². The van der Waals surface area contributed by atoms with Crippen LogP contribution in [-0.4, -0.2) is 33.8 Å². The SMILES string of the molecule is CNC(=O)c1ccn(C(C)CCC(=O)O)n1. The Labute approximate surface area is 93.3 Å². The highest BCUT2D eigenvalue weighted by molar-refractivity contribution is 5.91. The monoisotopic (exact) mass is 225 g/mol. The van der Waals surface area contributed by atoms with E-state index >= 15 is 0 Å². The highest BCUT2D eigenvalue weighted by atomic mass is 16.4. The fourth-order valence-electron chi connectivity index (χ4n) is 1.30. The highest BCUT2D eigenvalue weighted by Crippen LogP contribution is 2.12. The van der Waals surface area contributed by atoms with Crippen LogP contribution >= 0.6 is 0 Å². The van der Waals surface area contributed by atoms with E-state index in [9.17, 15) is 9.59 Å². The smallest absolute Gasteiger partial charge is 0.303 e. The second kappa shape index (κ2) is 5.29. The largest absolute Gasteiger partial charge is 0.481 e. The summed E-state index contributed by atoms with van der Waals surface area (Å²) in [5.41, 5.74) is 0.338. The predicted molar refractivity (Wildman–Crippen MR) is 57.2 cm³/mol. The summed E-state index contributed by atoms with van der Waals surface area (Å²) in [7, 11) is 1.54. The minimum absolute atomic E-state index is 0.0329. The molecule has 0 spiro atoms. The van der Waals surface area contributed by atoms with Gasteiger partial charge in [0.2, 0.25) is 0 Å². The van der Waals surface area contributed by atoms with Gasteiger partial charge in [-0.15, -0.1) is 0 Å². The lowest BCUT2D eigenvalue weighted by Crippen LogP contribution is -2.19. The first-order valence-electron chi connectivity index (χ1n) is 5.03. The van der Waals surface area contributed by atoms with E-state index in [4.69, 9.17) is 5.11 Å². The Morgan fingerprint density at radius 3 is 2.88 bits per heavy atom. The van der Waals surface area contributed by atoms with Crippen LogP contribution in [-0.2, 0) is 4.79 Å². The molecule has 1 rings (SSSR count). The molecule has 16 heavy (non-hydrogen) atoms. The predicted octanol–water partition coefficient (Wildman–Crippen LogP) is 0.669. The first kappa shape index (κ1) is 12.2. The normalized spacial score (nSPS) is 12.1. The van der Waals surface area contributed by atoms with E-state index in [1.54, 1.807) is 16.9 Å². The summed E-state index contributed by atoms with van der Waals surface area (Å²) in [5, 5.41) is 15.1. The number of amides is 1. The van der Waals surface area contributed by atoms with Crippen molar-refractivity contribution in [3.63, 3.8) is 0 Å². The molecule has 1 unspecified atom stereocenters. The van der Waals surface area contributed by atoms with Gasteiger partial charge in [-0.05, 0) is 19.4 Å². The van der Waals surface area contributed by atoms with E-state index in [-0.39, 0.29) is 18.4 Å². The zero-order chi connectivity index (χ0) is 12.1. The van der Waals surface area contributed by atoms with Gasteiger partial charge in [-0.2, -0.15) is 5.10 Å². The molecule has 0 aromatic carbocycles. The maximum atomic E-state index is 11.2. The zero-order valence-corrected chi connectivity index (χ0v) is 9.30. The summed E-state index contributed by atoms with van der Waals surface area (Å²) in [6, 6.07) is 1.57. The number of nitrogens with zero attached hydrogens (tertiary/aromatic N) is 2. The van der Waals surface area contributed by atoms with Crippen LogP contribution < -0.4 is 5.32 Å². The van der Waals surface area contributed by atoms with Gasteiger partial charge in [0.05, 0.1) is 0 Å². The third kappa shape index (κ3) is 3.08. The number of aromatic nitrogens is 2. The summed E-state index contributed by atoms with van der Waals surface area (Å²) in [4.78, 5) is 21.6. The van der Waals surface area contributed by atoms with E-state index < -0.39 is 5.97 Å². The number of carboxylic acid groups (broad SMARTS) is 1. The molecule has 88 valence electrons. The van der Waals surface area contributed by atoms with Gasteiger partial charge in [0.15, 0.2) is 0 Å². The number of carbonyl (C=O) groups is 2. The van der Waals surface area contributed by atoms with E-state index in [1.165, 1.54) is 7.05 Å². The molecule has 0 radical (unpaired) electrons. The molecule has 1 aromatic rings. The zero-order valence-electron chi connectivity index (χ0n) is 9.30. The van der Waals surface area contributed by atoms with E-state index in [0.29, 0.717) is 12.1 Å². The molecular formula is C10H15N3O3. The summed E-state index contributed by atoms with van der Waals surface area (Å²) < 4.78 is 1.60. The fourth-order valence-corrected chi connectivity index (χ4v) is 1.30. The van der Waals surface area contributed by atoms with E-state index in [1.807, 2.05) is 6.92 Å². The molecule has 0 saturated heterocycles. The van der Waals surface area contributed by atoms with Crippen LogP contribution in [0.1, 0.15) is 36.3 Å². The molecule has 0 saturated carbocycles. The van der Waals surface area contributed by atoms with Crippen molar-refractivity contribution < 1.29 is 14.7 Å². The maximum absolute atomic E-state index is 11.2. The van der Waals surface area contributed by atoms with Crippen LogP contribution in [0.5, 0.6) is 0 Å². The van der Waals surface area contributed by atoms with Crippen LogP contribution in [0.25, 0.3) is 0 Å². The van der Waals surface area contributed by atoms with E-state index in [0.717, 1.165) is 0 Å². The third-order valence-electron chi connectivity index (χ3n) is 2.30. The van der Waals surface area contributed by atoms with Crippen molar-refractivity contribution in [2.24, 2.45) is 0 Å². The Balaban J connectivity index is 2.63. The van der Waals surface area contributed by atoms with Crippen molar-refractivity contribution in [1.82, 2.24) is 15.1 Å². The van der Waals surface area contributed by atoms with Crippen molar-refractivity contribution in [1.29, 1.82) is 0 Å². The van der Waals surface area contributed by atoms with Crippen molar-refractivity contribution in [3.8, 4) is 0 Å². The fraction of sp³-hybridized carbons (Fsp3) is 0.500. The standard InChI is InChI=1S/C10H15N3O3/c1-7(3-4-9(14)15)13-6-5-8(12-13)10(16)11-2/h5-7H,3-4H2,1-2H3,(H,11,16)(H,14,15). The number of carbonyl (C=O) groups excluding carboxylic acids is 1. The van der Waals surface area contributed by atoms with Gasteiger partial charge in [-0.3, -0.25) is 14.3 Å². The molecule has 1 heterocycles.